The predicted molar refractivity (Wildman–Crippen MR) is 113 cm³/mol. The van der Waals surface area contributed by atoms with Crippen LogP contribution in [0.1, 0.15) is 22.3 Å². The molecule has 0 spiro atoms. The van der Waals surface area contributed by atoms with Crippen molar-refractivity contribution in [3.8, 4) is 0 Å². The van der Waals surface area contributed by atoms with E-state index in [0.29, 0.717) is 28.8 Å². The third kappa shape index (κ3) is 2.44. The van der Waals surface area contributed by atoms with E-state index in [9.17, 15) is 14.4 Å². The molecule has 0 unspecified atom stereocenters. The van der Waals surface area contributed by atoms with Gasteiger partial charge < -0.3 is 5.32 Å². The van der Waals surface area contributed by atoms with Gasteiger partial charge in [-0.15, -0.1) is 0 Å². The van der Waals surface area contributed by atoms with Gasteiger partial charge in [0, 0.05) is 11.3 Å². The van der Waals surface area contributed by atoms with E-state index in [-0.39, 0.29) is 41.4 Å². The first kappa shape index (κ1) is 17.6. The molecule has 2 bridgehead atoms. The fourth-order valence-corrected chi connectivity index (χ4v) is 5.84. The molecule has 7 rings (SSSR count). The third-order valence-corrected chi connectivity index (χ3v) is 7.34. The molecule has 3 amide bonds. The highest BCUT2D eigenvalue weighted by Crippen LogP contribution is 2.65. The summed E-state index contributed by atoms with van der Waals surface area (Å²) in [5, 5.41) is 2.87. The molecule has 150 valence electrons. The number of allylic oxidation sites excluding steroid dienone is 2. The number of nitrogens with one attached hydrogen (secondary N) is 1. The van der Waals surface area contributed by atoms with E-state index in [0.717, 1.165) is 12.0 Å². The molecule has 5 heteroatoms. The van der Waals surface area contributed by atoms with Crippen molar-refractivity contribution in [2.24, 2.45) is 35.5 Å². The SMILES string of the molecule is Cc1ccc(NC(=O)c2cccc(N3C(=O)[C@@H]4[C@H]5C=C[C@@H]([C@@H]6C[C@@H]56)[C@@H]4C3=O)c2)cc1. The van der Waals surface area contributed by atoms with Gasteiger partial charge in [-0.2, -0.15) is 0 Å². The van der Waals surface area contributed by atoms with E-state index >= 15 is 0 Å². The molecule has 5 aliphatic rings. The Kier molecular flexibility index (Phi) is 3.61. The van der Waals surface area contributed by atoms with Crippen LogP contribution < -0.4 is 10.2 Å². The quantitative estimate of drug-likeness (QED) is 0.632. The Hall–Kier alpha value is -3.21. The number of nitrogens with zero attached hydrogens (tertiary/aromatic N) is 1. The lowest BCUT2D eigenvalue weighted by Gasteiger charge is -2.37. The first-order valence-electron chi connectivity index (χ1n) is 10.6. The molecule has 2 saturated carbocycles. The Morgan fingerprint density at radius 3 is 2.20 bits per heavy atom. The molecule has 1 saturated heterocycles. The van der Waals surface area contributed by atoms with Gasteiger partial charge in [-0.25, -0.2) is 4.90 Å². The first-order valence-corrected chi connectivity index (χ1v) is 10.6. The molecular weight excluding hydrogens is 376 g/mol. The van der Waals surface area contributed by atoms with Gasteiger partial charge in [-0.3, -0.25) is 14.4 Å². The Bertz CT molecular complexity index is 1080. The molecule has 3 fully saturated rings. The van der Waals surface area contributed by atoms with E-state index < -0.39 is 0 Å². The summed E-state index contributed by atoms with van der Waals surface area (Å²) in [6.07, 6.45) is 5.48. The fourth-order valence-electron chi connectivity index (χ4n) is 5.84. The lowest BCUT2D eigenvalue weighted by atomic mass is 9.63. The van der Waals surface area contributed by atoms with Gasteiger partial charge in [0.05, 0.1) is 17.5 Å². The zero-order chi connectivity index (χ0) is 20.6. The van der Waals surface area contributed by atoms with Crippen LogP contribution in [0.5, 0.6) is 0 Å². The van der Waals surface area contributed by atoms with Crippen molar-refractivity contribution >= 4 is 29.1 Å². The van der Waals surface area contributed by atoms with Crippen LogP contribution >= 0.6 is 0 Å². The Balaban J connectivity index is 1.28. The largest absolute Gasteiger partial charge is 0.322 e. The monoisotopic (exact) mass is 398 g/mol. The number of carbonyl (C=O) groups is 3. The normalized spacial score (nSPS) is 32.8. The molecule has 30 heavy (non-hydrogen) atoms. The third-order valence-electron chi connectivity index (χ3n) is 7.34. The number of carbonyl (C=O) groups excluding carboxylic acids is 3. The van der Waals surface area contributed by atoms with Crippen molar-refractivity contribution < 1.29 is 14.4 Å². The van der Waals surface area contributed by atoms with E-state index in [1.54, 1.807) is 24.3 Å². The average molecular weight is 398 g/mol. The number of hydrogen-bond donors (Lipinski definition) is 1. The fraction of sp³-hybridized carbons (Fsp3) is 0.320. The number of aryl methyl sites for hydroxylation is 1. The molecule has 1 heterocycles. The topological polar surface area (TPSA) is 66.5 Å². The predicted octanol–water partition coefficient (Wildman–Crippen LogP) is 3.80. The van der Waals surface area contributed by atoms with Crippen molar-refractivity contribution in [2.45, 2.75) is 13.3 Å². The number of imide groups is 1. The van der Waals surface area contributed by atoms with Crippen LogP contribution in [0.3, 0.4) is 0 Å². The second kappa shape index (κ2) is 6.14. The highest BCUT2D eigenvalue weighted by molar-refractivity contribution is 6.23. The Labute approximate surface area is 174 Å². The summed E-state index contributed by atoms with van der Waals surface area (Å²) in [6, 6.07) is 14.4. The average Bonchev–Trinajstić information content (AvgIpc) is 3.53. The van der Waals surface area contributed by atoms with Crippen LogP contribution in [-0.4, -0.2) is 17.7 Å². The van der Waals surface area contributed by atoms with Crippen molar-refractivity contribution in [2.75, 3.05) is 10.2 Å². The van der Waals surface area contributed by atoms with Crippen molar-refractivity contribution in [1.82, 2.24) is 0 Å². The lowest BCUT2D eigenvalue weighted by Crippen LogP contribution is -2.40. The van der Waals surface area contributed by atoms with Gasteiger partial charge in [0.15, 0.2) is 0 Å². The molecule has 4 aliphatic carbocycles. The minimum absolute atomic E-state index is 0.106. The molecule has 2 aromatic rings. The molecule has 0 radical (unpaired) electrons. The summed E-state index contributed by atoms with van der Waals surface area (Å²) in [6.45, 7) is 1.99. The van der Waals surface area contributed by atoms with Crippen LogP contribution in [0.4, 0.5) is 11.4 Å². The molecule has 0 aromatic heterocycles. The molecule has 1 N–H and O–H groups in total. The summed E-state index contributed by atoms with van der Waals surface area (Å²) in [4.78, 5) is 40.6. The summed E-state index contributed by atoms with van der Waals surface area (Å²) >= 11 is 0. The second-order valence-corrected chi connectivity index (χ2v) is 9.04. The van der Waals surface area contributed by atoms with E-state index in [4.69, 9.17) is 0 Å². The molecule has 5 nitrogen and oxygen atoms in total. The second-order valence-electron chi connectivity index (χ2n) is 9.04. The molecular formula is C25H22N2O3. The van der Waals surface area contributed by atoms with Crippen molar-refractivity contribution in [1.29, 1.82) is 0 Å². The van der Waals surface area contributed by atoms with Crippen LogP contribution in [0.25, 0.3) is 0 Å². The maximum atomic E-state index is 13.3. The van der Waals surface area contributed by atoms with Crippen molar-refractivity contribution in [3.63, 3.8) is 0 Å². The van der Waals surface area contributed by atoms with Crippen LogP contribution in [-0.2, 0) is 9.59 Å². The molecule has 2 aromatic carbocycles. The van der Waals surface area contributed by atoms with Crippen molar-refractivity contribution in [3.05, 3.63) is 71.8 Å². The minimum atomic E-state index is -0.264. The first-order chi connectivity index (χ1) is 14.5. The van der Waals surface area contributed by atoms with Gasteiger partial charge in [-0.05, 0) is 67.3 Å². The highest BCUT2D eigenvalue weighted by atomic mass is 16.2. The molecule has 6 atom stereocenters. The van der Waals surface area contributed by atoms with Crippen LogP contribution in [0.15, 0.2) is 60.7 Å². The molecule has 1 aliphatic heterocycles. The lowest BCUT2D eigenvalue weighted by molar-refractivity contribution is -0.124. The maximum Gasteiger partial charge on any atom is 0.255 e. The van der Waals surface area contributed by atoms with Gasteiger partial charge in [-0.1, -0.05) is 35.9 Å². The van der Waals surface area contributed by atoms with E-state index in [1.165, 1.54) is 4.90 Å². The summed E-state index contributed by atoms with van der Waals surface area (Å²) in [7, 11) is 0. The number of rotatable bonds is 3. The highest BCUT2D eigenvalue weighted by Gasteiger charge is 2.67. The zero-order valence-electron chi connectivity index (χ0n) is 16.6. The summed E-state index contributed by atoms with van der Waals surface area (Å²) in [5.41, 5.74) is 2.73. The number of amides is 3. The van der Waals surface area contributed by atoms with E-state index in [2.05, 4.69) is 17.5 Å². The van der Waals surface area contributed by atoms with E-state index in [1.807, 2.05) is 31.2 Å². The standard InChI is InChI=1S/C25H22N2O3/c1-13-5-7-15(8-6-13)26-23(28)14-3-2-4-16(11-14)27-24(29)21-17-9-10-18(20-12-19(17)20)22(21)25(27)30/h2-11,17-22H,12H2,1H3,(H,26,28)/t17-,18-,19-,20-,21-,22+/m0/s1. The van der Waals surface area contributed by atoms with Crippen LogP contribution in [0.2, 0.25) is 0 Å². The number of anilines is 2. The van der Waals surface area contributed by atoms with Gasteiger partial charge in [0.25, 0.3) is 5.91 Å². The summed E-state index contributed by atoms with van der Waals surface area (Å²) < 4.78 is 0. The van der Waals surface area contributed by atoms with Gasteiger partial charge >= 0.3 is 0 Å². The van der Waals surface area contributed by atoms with Gasteiger partial charge in [0.2, 0.25) is 11.8 Å². The number of benzene rings is 2. The van der Waals surface area contributed by atoms with Gasteiger partial charge in [0.1, 0.15) is 0 Å². The maximum absolute atomic E-state index is 13.3. The summed E-state index contributed by atoms with van der Waals surface area (Å²) in [5.74, 6) is 0.590. The van der Waals surface area contributed by atoms with Crippen LogP contribution in [0, 0.1) is 42.4 Å². The minimum Gasteiger partial charge on any atom is -0.322 e. The zero-order valence-corrected chi connectivity index (χ0v) is 16.6. The number of hydrogen-bond acceptors (Lipinski definition) is 3. The Morgan fingerprint density at radius 2 is 1.57 bits per heavy atom. The Morgan fingerprint density at radius 1 is 0.933 bits per heavy atom. The smallest absolute Gasteiger partial charge is 0.255 e.